The number of carbonyl (C=O) groups excluding carboxylic acids is 1. The predicted octanol–water partition coefficient (Wildman–Crippen LogP) is 3.34. The van der Waals surface area contributed by atoms with E-state index >= 15 is 0 Å². The average molecular weight is 422 g/mol. The van der Waals surface area contributed by atoms with Crippen molar-refractivity contribution in [3.05, 3.63) is 83.2 Å². The van der Waals surface area contributed by atoms with Crippen LogP contribution in [0.15, 0.2) is 54.9 Å². The van der Waals surface area contributed by atoms with Gasteiger partial charge in [0.25, 0.3) is 5.91 Å². The summed E-state index contributed by atoms with van der Waals surface area (Å²) in [6.45, 7) is 3.24. The molecule has 0 atom stereocenters. The van der Waals surface area contributed by atoms with Crippen molar-refractivity contribution in [1.82, 2.24) is 25.0 Å². The van der Waals surface area contributed by atoms with E-state index in [2.05, 4.69) is 20.3 Å². The number of benzene rings is 1. The van der Waals surface area contributed by atoms with Crippen LogP contribution in [0.25, 0.3) is 0 Å². The first-order valence-corrected chi connectivity index (χ1v) is 10.7. The third kappa shape index (κ3) is 5.76. The minimum absolute atomic E-state index is 0.109. The van der Waals surface area contributed by atoms with Gasteiger partial charge < -0.3 is 5.32 Å². The van der Waals surface area contributed by atoms with Crippen molar-refractivity contribution < 1.29 is 9.18 Å². The highest BCUT2D eigenvalue weighted by Crippen LogP contribution is 2.24. The molecule has 1 aliphatic rings. The molecular weight excluding hydrogens is 393 g/mol. The van der Waals surface area contributed by atoms with E-state index in [0.29, 0.717) is 18.0 Å². The summed E-state index contributed by atoms with van der Waals surface area (Å²) >= 11 is 0. The number of halogens is 1. The largest absolute Gasteiger partial charge is 0.346 e. The number of aryl methyl sites for hydroxylation is 1. The molecule has 0 bridgehead atoms. The highest BCUT2D eigenvalue weighted by atomic mass is 19.1. The Kier molecular flexibility index (Phi) is 6.72. The number of aromatic nitrogens is 3. The Morgan fingerprint density at radius 3 is 2.65 bits per heavy atom. The summed E-state index contributed by atoms with van der Waals surface area (Å²) in [5.74, 6) is 0.196. The molecule has 1 N–H and O–H groups in total. The molecule has 162 valence electrons. The minimum Gasteiger partial charge on any atom is -0.346 e. The highest BCUT2D eigenvalue weighted by Gasteiger charge is 2.23. The number of hydrogen-bond acceptors (Lipinski definition) is 4. The molecular formula is C24H28FN5O. The quantitative estimate of drug-likeness (QED) is 0.636. The third-order valence-corrected chi connectivity index (χ3v) is 5.81. The second kappa shape index (κ2) is 9.83. The first-order valence-electron chi connectivity index (χ1n) is 10.7. The lowest BCUT2D eigenvalue weighted by atomic mass is 9.91. The Morgan fingerprint density at radius 1 is 1.16 bits per heavy atom. The van der Waals surface area contributed by atoms with Crippen LogP contribution >= 0.6 is 0 Å². The van der Waals surface area contributed by atoms with Crippen molar-refractivity contribution in [2.24, 2.45) is 13.0 Å². The summed E-state index contributed by atoms with van der Waals surface area (Å²) < 4.78 is 14.8. The van der Waals surface area contributed by atoms with Crippen LogP contribution in [-0.2, 0) is 26.6 Å². The standard InChI is InChI=1S/C24H28FN5O/c1-29-17-22(24(31)27-15-21-4-2-3-11-26-21)23(28-29)14-18-9-12-30(13-10-18)16-19-5-7-20(25)8-6-19/h2-8,11,17-18H,9-10,12-16H2,1H3,(H,27,31). The first kappa shape index (κ1) is 21.2. The number of nitrogens with zero attached hydrogens (tertiary/aromatic N) is 4. The van der Waals surface area contributed by atoms with Gasteiger partial charge in [0.2, 0.25) is 0 Å². The maximum atomic E-state index is 13.1. The van der Waals surface area contributed by atoms with Crippen LogP contribution in [-0.4, -0.2) is 38.7 Å². The average Bonchev–Trinajstić information content (AvgIpc) is 3.16. The molecule has 2 aromatic heterocycles. The molecule has 0 aliphatic carbocycles. The molecule has 6 nitrogen and oxygen atoms in total. The lowest BCUT2D eigenvalue weighted by Crippen LogP contribution is -2.34. The molecule has 4 rings (SSSR count). The maximum absolute atomic E-state index is 13.1. The van der Waals surface area contributed by atoms with E-state index in [1.54, 1.807) is 17.1 Å². The van der Waals surface area contributed by atoms with Crippen molar-refractivity contribution in [2.75, 3.05) is 13.1 Å². The van der Waals surface area contributed by atoms with E-state index in [1.165, 1.54) is 12.1 Å². The Morgan fingerprint density at radius 2 is 1.94 bits per heavy atom. The van der Waals surface area contributed by atoms with E-state index in [1.807, 2.05) is 37.4 Å². The van der Waals surface area contributed by atoms with Gasteiger partial charge in [-0.05, 0) is 68.1 Å². The Hall–Kier alpha value is -3.06. The van der Waals surface area contributed by atoms with Crippen LogP contribution in [0.4, 0.5) is 4.39 Å². The molecule has 1 fully saturated rings. The molecule has 0 radical (unpaired) electrons. The van der Waals surface area contributed by atoms with Crippen LogP contribution in [0.1, 0.15) is 40.2 Å². The second-order valence-corrected chi connectivity index (χ2v) is 8.22. The molecule has 0 unspecified atom stereocenters. The number of pyridine rings is 1. The molecule has 0 spiro atoms. The Labute approximate surface area is 182 Å². The Balaban J connectivity index is 1.30. The number of carbonyl (C=O) groups is 1. The smallest absolute Gasteiger partial charge is 0.255 e. The monoisotopic (exact) mass is 421 g/mol. The zero-order valence-electron chi connectivity index (χ0n) is 17.8. The SMILES string of the molecule is Cn1cc(C(=O)NCc2ccccn2)c(CC2CCN(Cc3ccc(F)cc3)CC2)n1. The fraction of sp³-hybridized carbons (Fsp3) is 0.375. The normalized spacial score (nSPS) is 15.2. The van der Waals surface area contributed by atoms with Gasteiger partial charge in [0, 0.05) is 26.0 Å². The molecule has 1 amide bonds. The van der Waals surface area contributed by atoms with Gasteiger partial charge in [-0.2, -0.15) is 5.10 Å². The summed E-state index contributed by atoms with van der Waals surface area (Å²) in [5, 5.41) is 7.52. The lowest BCUT2D eigenvalue weighted by Gasteiger charge is -2.31. The second-order valence-electron chi connectivity index (χ2n) is 8.22. The van der Waals surface area contributed by atoms with Crippen LogP contribution in [0.3, 0.4) is 0 Å². The fourth-order valence-corrected chi connectivity index (χ4v) is 4.11. The van der Waals surface area contributed by atoms with Gasteiger partial charge in [-0.15, -0.1) is 0 Å². The van der Waals surface area contributed by atoms with E-state index < -0.39 is 0 Å². The van der Waals surface area contributed by atoms with Gasteiger partial charge in [0.05, 0.1) is 23.5 Å². The van der Waals surface area contributed by atoms with Crippen LogP contribution in [0.5, 0.6) is 0 Å². The van der Waals surface area contributed by atoms with Gasteiger partial charge in [0.15, 0.2) is 0 Å². The van der Waals surface area contributed by atoms with Crippen LogP contribution in [0, 0.1) is 11.7 Å². The number of hydrogen-bond donors (Lipinski definition) is 1. The van der Waals surface area contributed by atoms with Gasteiger partial charge in [-0.1, -0.05) is 18.2 Å². The van der Waals surface area contributed by atoms with Crippen molar-refractivity contribution in [2.45, 2.75) is 32.4 Å². The van der Waals surface area contributed by atoms with E-state index in [9.17, 15) is 9.18 Å². The summed E-state index contributed by atoms with van der Waals surface area (Å²) in [6, 6.07) is 12.4. The van der Waals surface area contributed by atoms with Crippen molar-refractivity contribution >= 4 is 5.91 Å². The van der Waals surface area contributed by atoms with Crippen molar-refractivity contribution in [3.8, 4) is 0 Å². The van der Waals surface area contributed by atoms with Gasteiger partial charge >= 0.3 is 0 Å². The van der Waals surface area contributed by atoms with Gasteiger partial charge in [-0.25, -0.2) is 4.39 Å². The third-order valence-electron chi connectivity index (χ3n) is 5.81. The Bertz CT molecular complexity index is 995. The minimum atomic E-state index is -0.197. The summed E-state index contributed by atoms with van der Waals surface area (Å²) in [6.07, 6.45) is 6.45. The summed E-state index contributed by atoms with van der Waals surface area (Å²) in [4.78, 5) is 19.4. The highest BCUT2D eigenvalue weighted by molar-refractivity contribution is 5.95. The van der Waals surface area contributed by atoms with E-state index in [-0.39, 0.29) is 11.7 Å². The summed E-state index contributed by atoms with van der Waals surface area (Å²) in [7, 11) is 1.85. The molecule has 1 aliphatic heterocycles. The fourth-order valence-electron chi connectivity index (χ4n) is 4.11. The van der Waals surface area contributed by atoms with Crippen molar-refractivity contribution in [3.63, 3.8) is 0 Å². The number of nitrogens with one attached hydrogen (secondary N) is 1. The summed E-state index contributed by atoms with van der Waals surface area (Å²) in [5.41, 5.74) is 3.47. The maximum Gasteiger partial charge on any atom is 0.255 e. The number of amides is 1. The van der Waals surface area contributed by atoms with Crippen LogP contribution in [0.2, 0.25) is 0 Å². The van der Waals surface area contributed by atoms with E-state index in [4.69, 9.17) is 0 Å². The number of rotatable bonds is 7. The predicted molar refractivity (Wildman–Crippen MR) is 117 cm³/mol. The molecule has 0 saturated carbocycles. The van der Waals surface area contributed by atoms with Crippen molar-refractivity contribution in [1.29, 1.82) is 0 Å². The molecule has 7 heteroatoms. The molecule has 3 heterocycles. The molecule has 31 heavy (non-hydrogen) atoms. The molecule has 1 saturated heterocycles. The number of likely N-dealkylation sites (tertiary alicyclic amines) is 1. The lowest BCUT2D eigenvalue weighted by molar-refractivity contribution is 0.0948. The van der Waals surface area contributed by atoms with E-state index in [0.717, 1.165) is 55.8 Å². The molecule has 1 aromatic carbocycles. The van der Waals surface area contributed by atoms with Gasteiger partial charge in [-0.3, -0.25) is 19.4 Å². The van der Waals surface area contributed by atoms with Gasteiger partial charge in [0.1, 0.15) is 5.82 Å². The van der Waals surface area contributed by atoms with Crippen LogP contribution < -0.4 is 5.32 Å². The first-order chi connectivity index (χ1) is 15.1. The zero-order valence-corrected chi connectivity index (χ0v) is 17.8. The molecule has 3 aromatic rings. The zero-order chi connectivity index (χ0) is 21.6. The number of piperidine rings is 1. The topological polar surface area (TPSA) is 63.1 Å².